The number of carbonyl (C=O) groups is 2. The van der Waals surface area contributed by atoms with Gasteiger partial charge in [0.1, 0.15) is 0 Å². The van der Waals surface area contributed by atoms with Crippen LogP contribution in [0.25, 0.3) is 0 Å². The number of nitrogens with zero attached hydrogens (tertiary/aromatic N) is 1. The molecule has 1 heterocycles. The van der Waals surface area contributed by atoms with E-state index in [4.69, 9.17) is 0 Å². The van der Waals surface area contributed by atoms with Crippen LogP contribution in [-0.2, 0) is 9.59 Å². The maximum absolute atomic E-state index is 11.1. The van der Waals surface area contributed by atoms with Crippen molar-refractivity contribution >= 4 is 11.8 Å². The Morgan fingerprint density at radius 3 is 3.00 bits per heavy atom. The molecular weight excluding hydrogens is 144 g/mol. The molecule has 2 amide bonds. The number of imide groups is 1. The van der Waals surface area contributed by atoms with Crippen LogP contribution in [0.4, 0.5) is 0 Å². The van der Waals surface area contributed by atoms with Crippen LogP contribution in [0.15, 0.2) is 0 Å². The molecule has 0 radical (unpaired) electrons. The summed E-state index contributed by atoms with van der Waals surface area (Å²) in [7, 11) is 0. The lowest BCUT2D eigenvalue weighted by Crippen LogP contribution is -2.38. The summed E-state index contributed by atoms with van der Waals surface area (Å²) in [5.41, 5.74) is 0. The summed E-state index contributed by atoms with van der Waals surface area (Å²) < 4.78 is 0. The Morgan fingerprint density at radius 1 is 1.64 bits per heavy atom. The molecule has 1 aliphatic rings. The first-order chi connectivity index (χ1) is 5.22. The van der Waals surface area contributed by atoms with E-state index >= 15 is 0 Å². The van der Waals surface area contributed by atoms with Gasteiger partial charge in [-0.05, 0) is 13.0 Å². The third kappa shape index (κ3) is 2.01. The molecule has 0 aliphatic carbocycles. The Kier molecular flexibility index (Phi) is 2.59. The van der Waals surface area contributed by atoms with Crippen LogP contribution in [-0.4, -0.2) is 36.3 Å². The first kappa shape index (κ1) is 8.20. The highest BCUT2D eigenvalue weighted by atomic mass is 16.2. The summed E-state index contributed by atoms with van der Waals surface area (Å²) in [5, 5.41) is 2.94. The van der Waals surface area contributed by atoms with E-state index in [0.29, 0.717) is 13.1 Å². The van der Waals surface area contributed by atoms with E-state index < -0.39 is 0 Å². The lowest BCUT2D eigenvalue weighted by Gasteiger charge is -2.14. The summed E-state index contributed by atoms with van der Waals surface area (Å²) in [4.78, 5) is 23.2. The van der Waals surface area contributed by atoms with Crippen molar-refractivity contribution in [3.63, 3.8) is 0 Å². The van der Waals surface area contributed by atoms with Crippen LogP contribution >= 0.6 is 0 Å². The van der Waals surface area contributed by atoms with E-state index in [1.165, 1.54) is 11.8 Å². The van der Waals surface area contributed by atoms with E-state index in [2.05, 4.69) is 5.32 Å². The predicted octanol–water partition coefficient (Wildman–Crippen LogP) is -0.645. The molecule has 1 aliphatic heterocycles. The molecule has 1 rings (SSSR count). The van der Waals surface area contributed by atoms with Crippen molar-refractivity contribution in [2.75, 3.05) is 19.6 Å². The van der Waals surface area contributed by atoms with Gasteiger partial charge in [0.25, 0.3) is 0 Å². The van der Waals surface area contributed by atoms with Gasteiger partial charge in [0.15, 0.2) is 0 Å². The number of rotatable bonds is 0. The molecule has 0 aromatic rings. The maximum Gasteiger partial charge on any atom is 0.243 e. The van der Waals surface area contributed by atoms with E-state index in [1.54, 1.807) is 0 Å². The van der Waals surface area contributed by atoms with Crippen LogP contribution in [0.5, 0.6) is 0 Å². The second kappa shape index (κ2) is 3.48. The van der Waals surface area contributed by atoms with Crippen molar-refractivity contribution < 1.29 is 9.59 Å². The fourth-order valence-corrected chi connectivity index (χ4v) is 1.11. The van der Waals surface area contributed by atoms with Crippen molar-refractivity contribution in [3.8, 4) is 0 Å². The van der Waals surface area contributed by atoms with Gasteiger partial charge < -0.3 is 5.32 Å². The highest BCUT2D eigenvalue weighted by Crippen LogP contribution is 1.96. The third-order valence-electron chi connectivity index (χ3n) is 1.69. The molecule has 0 bridgehead atoms. The molecule has 4 nitrogen and oxygen atoms in total. The monoisotopic (exact) mass is 156 g/mol. The van der Waals surface area contributed by atoms with Gasteiger partial charge >= 0.3 is 0 Å². The van der Waals surface area contributed by atoms with Crippen LogP contribution in [0.3, 0.4) is 0 Å². The average Bonchev–Trinajstić information content (AvgIpc) is 2.13. The van der Waals surface area contributed by atoms with Gasteiger partial charge in [0.2, 0.25) is 11.8 Å². The van der Waals surface area contributed by atoms with Crippen molar-refractivity contribution in [2.24, 2.45) is 0 Å². The van der Waals surface area contributed by atoms with Crippen LogP contribution in [0.2, 0.25) is 0 Å². The fraction of sp³-hybridized carbons (Fsp3) is 0.714. The standard InChI is InChI=1S/C7H12N2O2/c1-6(10)9-4-2-3-8-5-7(9)11/h8H,2-5H2,1H3. The lowest BCUT2D eigenvalue weighted by molar-refractivity contribution is -0.142. The molecule has 0 unspecified atom stereocenters. The second-order valence-corrected chi connectivity index (χ2v) is 2.59. The van der Waals surface area contributed by atoms with Crippen LogP contribution < -0.4 is 5.32 Å². The van der Waals surface area contributed by atoms with Gasteiger partial charge in [-0.25, -0.2) is 0 Å². The Balaban J connectivity index is 2.59. The van der Waals surface area contributed by atoms with Crippen molar-refractivity contribution in [1.29, 1.82) is 0 Å². The molecule has 62 valence electrons. The molecule has 0 spiro atoms. The third-order valence-corrected chi connectivity index (χ3v) is 1.69. The average molecular weight is 156 g/mol. The van der Waals surface area contributed by atoms with Crippen molar-refractivity contribution in [1.82, 2.24) is 10.2 Å². The largest absolute Gasteiger partial charge is 0.308 e. The van der Waals surface area contributed by atoms with E-state index in [-0.39, 0.29) is 11.8 Å². The minimum Gasteiger partial charge on any atom is -0.308 e. The van der Waals surface area contributed by atoms with Crippen LogP contribution in [0, 0.1) is 0 Å². The number of hydrogen-bond acceptors (Lipinski definition) is 3. The van der Waals surface area contributed by atoms with E-state index in [0.717, 1.165) is 13.0 Å². The normalized spacial score (nSPS) is 19.7. The molecular formula is C7H12N2O2. The lowest BCUT2D eigenvalue weighted by atomic mass is 10.4. The Morgan fingerprint density at radius 2 is 2.36 bits per heavy atom. The molecule has 0 aromatic heterocycles. The highest BCUT2D eigenvalue weighted by molar-refractivity contribution is 5.95. The van der Waals surface area contributed by atoms with Gasteiger partial charge in [-0.15, -0.1) is 0 Å². The first-order valence-electron chi connectivity index (χ1n) is 3.73. The Labute approximate surface area is 65.6 Å². The predicted molar refractivity (Wildman–Crippen MR) is 39.9 cm³/mol. The Hall–Kier alpha value is -0.900. The van der Waals surface area contributed by atoms with Gasteiger partial charge in [0, 0.05) is 13.5 Å². The van der Waals surface area contributed by atoms with Gasteiger partial charge in [-0.1, -0.05) is 0 Å². The van der Waals surface area contributed by atoms with Crippen molar-refractivity contribution in [3.05, 3.63) is 0 Å². The molecule has 1 N–H and O–H groups in total. The Bertz CT molecular complexity index is 179. The molecule has 4 heteroatoms. The topological polar surface area (TPSA) is 49.4 Å². The zero-order valence-corrected chi connectivity index (χ0v) is 6.59. The zero-order chi connectivity index (χ0) is 8.27. The van der Waals surface area contributed by atoms with Gasteiger partial charge in [-0.3, -0.25) is 14.5 Å². The minimum atomic E-state index is -0.154. The minimum absolute atomic E-state index is 0.116. The molecule has 1 saturated heterocycles. The highest BCUT2D eigenvalue weighted by Gasteiger charge is 2.18. The molecule has 11 heavy (non-hydrogen) atoms. The van der Waals surface area contributed by atoms with Crippen molar-refractivity contribution in [2.45, 2.75) is 13.3 Å². The molecule has 1 fully saturated rings. The summed E-state index contributed by atoms with van der Waals surface area (Å²) in [5.74, 6) is -0.270. The summed E-state index contributed by atoms with van der Waals surface area (Å²) >= 11 is 0. The maximum atomic E-state index is 11.1. The second-order valence-electron chi connectivity index (χ2n) is 2.59. The summed E-state index contributed by atoms with van der Waals surface area (Å²) in [6.45, 7) is 3.08. The number of nitrogens with one attached hydrogen (secondary N) is 1. The number of hydrogen-bond donors (Lipinski definition) is 1. The summed E-state index contributed by atoms with van der Waals surface area (Å²) in [6.07, 6.45) is 0.852. The van der Waals surface area contributed by atoms with Crippen LogP contribution in [0.1, 0.15) is 13.3 Å². The van der Waals surface area contributed by atoms with E-state index in [1.807, 2.05) is 0 Å². The van der Waals surface area contributed by atoms with Gasteiger partial charge in [-0.2, -0.15) is 0 Å². The molecule has 0 saturated carbocycles. The summed E-state index contributed by atoms with van der Waals surface area (Å²) in [6, 6.07) is 0. The number of carbonyl (C=O) groups excluding carboxylic acids is 2. The van der Waals surface area contributed by atoms with E-state index in [9.17, 15) is 9.59 Å². The fourth-order valence-electron chi connectivity index (χ4n) is 1.11. The first-order valence-corrected chi connectivity index (χ1v) is 3.73. The SMILES string of the molecule is CC(=O)N1CCCNCC1=O. The quantitative estimate of drug-likeness (QED) is 0.507. The molecule has 0 atom stereocenters. The zero-order valence-electron chi connectivity index (χ0n) is 6.59. The smallest absolute Gasteiger partial charge is 0.243 e. The molecule has 0 aromatic carbocycles. The number of amides is 2. The van der Waals surface area contributed by atoms with Gasteiger partial charge in [0.05, 0.1) is 6.54 Å².